The van der Waals surface area contributed by atoms with Crippen LogP contribution >= 0.6 is 23.1 Å². The number of amides is 1. The predicted octanol–water partition coefficient (Wildman–Crippen LogP) is 4.19. The van der Waals surface area contributed by atoms with Gasteiger partial charge >= 0.3 is 0 Å². The van der Waals surface area contributed by atoms with E-state index < -0.39 is 0 Å². The number of nitrogens with one attached hydrogen (secondary N) is 1. The van der Waals surface area contributed by atoms with Crippen molar-refractivity contribution in [1.29, 1.82) is 5.26 Å². The summed E-state index contributed by atoms with van der Waals surface area (Å²) in [5.74, 6) is 0.175. The number of hydrogen-bond acceptors (Lipinski definition) is 5. The van der Waals surface area contributed by atoms with Crippen LogP contribution in [0.2, 0.25) is 0 Å². The summed E-state index contributed by atoms with van der Waals surface area (Å²) in [7, 11) is 0. The lowest BCUT2D eigenvalue weighted by molar-refractivity contribution is -0.118. The minimum absolute atomic E-state index is 0.0647. The second kappa shape index (κ2) is 7.68. The number of carbonyl (C=O) groups excluding carboxylic acids is 1. The first-order chi connectivity index (χ1) is 12.1. The summed E-state index contributed by atoms with van der Waals surface area (Å²) >= 11 is 2.92. The lowest BCUT2D eigenvalue weighted by Gasteiger charge is -2.09. The van der Waals surface area contributed by atoms with Gasteiger partial charge in [-0.15, -0.1) is 11.3 Å². The molecule has 0 unspecified atom stereocenters. The monoisotopic (exact) mass is 367 g/mol. The van der Waals surface area contributed by atoms with Gasteiger partial charge < -0.3 is 5.32 Å². The molecule has 126 valence electrons. The lowest BCUT2D eigenvalue weighted by atomic mass is 10.0. The van der Waals surface area contributed by atoms with Gasteiger partial charge in [-0.25, -0.2) is 4.98 Å². The van der Waals surface area contributed by atoms with E-state index in [-0.39, 0.29) is 11.7 Å². The Morgan fingerprint density at radius 1 is 1.36 bits per heavy atom. The van der Waals surface area contributed by atoms with Gasteiger partial charge in [0.2, 0.25) is 5.91 Å². The van der Waals surface area contributed by atoms with Gasteiger partial charge in [0.1, 0.15) is 11.1 Å². The largest absolute Gasteiger partial charge is 0.350 e. The number of pyridine rings is 1. The van der Waals surface area contributed by atoms with Gasteiger partial charge in [-0.3, -0.25) is 4.79 Å². The maximum absolute atomic E-state index is 12.1. The van der Waals surface area contributed by atoms with Crippen molar-refractivity contribution in [2.45, 2.75) is 25.4 Å². The summed E-state index contributed by atoms with van der Waals surface area (Å²) in [6, 6.07) is 12.0. The molecule has 1 aromatic carbocycles. The Morgan fingerprint density at radius 3 is 2.92 bits per heavy atom. The number of carbonyl (C=O) groups is 1. The van der Waals surface area contributed by atoms with E-state index in [1.165, 1.54) is 11.8 Å². The van der Waals surface area contributed by atoms with Crippen molar-refractivity contribution in [1.82, 2.24) is 10.3 Å². The van der Waals surface area contributed by atoms with Crippen molar-refractivity contribution in [2.75, 3.05) is 5.75 Å². The fourth-order valence-corrected chi connectivity index (χ4v) is 3.87. The normalized spacial score (nSPS) is 10.6. The zero-order chi connectivity index (χ0) is 17.8. The molecule has 0 aliphatic heterocycles. The molecule has 1 amide bonds. The third-order valence-electron chi connectivity index (χ3n) is 3.98. The van der Waals surface area contributed by atoms with Crippen LogP contribution in [0.5, 0.6) is 0 Å². The first-order valence-electron chi connectivity index (χ1n) is 7.81. The Bertz CT molecular complexity index is 959. The number of benzene rings is 1. The van der Waals surface area contributed by atoms with Crippen LogP contribution in [-0.2, 0) is 11.3 Å². The van der Waals surface area contributed by atoms with Crippen molar-refractivity contribution in [3.05, 3.63) is 57.3 Å². The average Bonchev–Trinajstić information content (AvgIpc) is 3.14. The van der Waals surface area contributed by atoms with E-state index in [1.807, 2.05) is 49.6 Å². The zero-order valence-electron chi connectivity index (χ0n) is 14.0. The highest BCUT2D eigenvalue weighted by Crippen LogP contribution is 2.27. The molecule has 3 aromatic rings. The number of thiophene rings is 1. The smallest absolute Gasteiger partial charge is 0.230 e. The summed E-state index contributed by atoms with van der Waals surface area (Å²) in [5, 5.41) is 15.8. The van der Waals surface area contributed by atoms with Crippen molar-refractivity contribution in [3.63, 3.8) is 0 Å². The van der Waals surface area contributed by atoms with E-state index in [4.69, 9.17) is 0 Å². The third kappa shape index (κ3) is 4.01. The number of fused-ring (bicyclic) bond motifs is 1. The van der Waals surface area contributed by atoms with E-state index in [9.17, 15) is 10.1 Å². The quantitative estimate of drug-likeness (QED) is 0.687. The van der Waals surface area contributed by atoms with Crippen molar-refractivity contribution >= 4 is 39.9 Å². The fraction of sp³-hybridized carbons (Fsp3) is 0.211. The maximum atomic E-state index is 12.1. The predicted molar refractivity (Wildman–Crippen MR) is 103 cm³/mol. The molecule has 2 heterocycles. The Balaban J connectivity index is 1.75. The highest BCUT2D eigenvalue weighted by molar-refractivity contribution is 8.00. The number of aryl methyl sites for hydroxylation is 2. The molecule has 0 radical (unpaired) electrons. The second-order valence-electron chi connectivity index (χ2n) is 5.68. The number of aromatic nitrogens is 1. The van der Waals surface area contributed by atoms with Crippen LogP contribution in [0.15, 0.2) is 40.7 Å². The van der Waals surface area contributed by atoms with E-state index in [1.54, 1.807) is 11.3 Å². The van der Waals surface area contributed by atoms with Crippen LogP contribution in [0.4, 0.5) is 0 Å². The molecule has 0 spiro atoms. The van der Waals surface area contributed by atoms with Gasteiger partial charge in [0.05, 0.1) is 23.4 Å². The summed E-state index contributed by atoms with van der Waals surface area (Å²) in [5.41, 5.74) is 3.66. The lowest BCUT2D eigenvalue weighted by Crippen LogP contribution is -2.24. The summed E-state index contributed by atoms with van der Waals surface area (Å²) in [6.07, 6.45) is 0. The van der Waals surface area contributed by atoms with Crippen LogP contribution in [0.1, 0.15) is 21.6 Å². The Hall–Kier alpha value is -2.36. The number of thioether (sulfide) groups is 1. The van der Waals surface area contributed by atoms with Crippen LogP contribution in [0, 0.1) is 25.2 Å². The van der Waals surface area contributed by atoms with Gasteiger partial charge in [0.15, 0.2) is 0 Å². The van der Waals surface area contributed by atoms with E-state index in [0.29, 0.717) is 17.1 Å². The Labute approximate surface area is 154 Å². The topological polar surface area (TPSA) is 65.8 Å². The molecule has 1 N–H and O–H groups in total. The molecule has 0 aliphatic rings. The highest BCUT2D eigenvalue weighted by Gasteiger charge is 2.12. The van der Waals surface area contributed by atoms with Crippen LogP contribution in [0.25, 0.3) is 10.9 Å². The van der Waals surface area contributed by atoms with Crippen LogP contribution in [-0.4, -0.2) is 16.6 Å². The molecule has 3 rings (SSSR count). The molecule has 0 saturated carbocycles. The Morgan fingerprint density at radius 2 is 2.20 bits per heavy atom. The number of hydrogen-bond donors (Lipinski definition) is 1. The first-order valence-corrected chi connectivity index (χ1v) is 9.68. The van der Waals surface area contributed by atoms with Gasteiger partial charge in [0.25, 0.3) is 0 Å². The second-order valence-corrected chi connectivity index (χ2v) is 7.67. The van der Waals surface area contributed by atoms with E-state index in [2.05, 4.69) is 16.4 Å². The van der Waals surface area contributed by atoms with Gasteiger partial charge in [-0.1, -0.05) is 30.0 Å². The van der Waals surface area contributed by atoms with Gasteiger partial charge in [0, 0.05) is 10.3 Å². The van der Waals surface area contributed by atoms with E-state index >= 15 is 0 Å². The van der Waals surface area contributed by atoms with Gasteiger partial charge in [-0.2, -0.15) is 5.26 Å². The third-order valence-corrected chi connectivity index (χ3v) is 5.84. The molecule has 0 bridgehead atoms. The number of nitrogens with zero attached hydrogens (tertiary/aromatic N) is 2. The van der Waals surface area contributed by atoms with Crippen molar-refractivity contribution in [2.24, 2.45) is 0 Å². The molecule has 2 aromatic heterocycles. The summed E-state index contributed by atoms with van der Waals surface area (Å²) in [6.45, 7) is 4.60. The SMILES string of the molecule is Cc1ccc2cc(C#N)c(SCC(=O)NCc3cccs3)nc2c1C. The molecule has 6 heteroatoms. The highest BCUT2D eigenvalue weighted by atomic mass is 32.2. The number of nitriles is 1. The molecule has 0 aliphatic carbocycles. The van der Waals surface area contributed by atoms with Crippen LogP contribution in [0.3, 0.4) is 0 Å². The van der Waals surface area contributed by atoms with Gasteiger partial charge in [-0.05, 0) is 42.5 Å². The standard InChI is InChI=1S/C19H17N3OS2/c1-12-5-6-14-8-15(9-20)19(22-18(14)13(12)2)25-11-17(23)21-10-16-4-3-7-24-16/h3-8H,10-11H2,1-2H3,(H,21,23). The average molecular weight is 367 g/mol. The molecule has 4 nitrogen and oxygen atoms in total. The minimum Gasteiger partial charge on any atom is -0.350 e. The van der Waals surface area contributed by atoms with E-state index in [0.717, 1.165) is 26.9 Å². The molecular formula is C19H17N3OS2. The first kappa shape index (κ1) is 17.5. The molecule has 0 saturated heterocycles. The van der Waals surface area contributed by atoms with Crippen molar-refractivity contribution < 1.29 is 4.79 Å². The fourth-order valence-electron chi connectivity index (χ4n) is 2.44. The molecule has 0 fully saturated rings. The zero-order valence-corrected chi connectivity index (χ0v) is 15.6. The molecular weight excluding hydrogens is 350 g/mol. The minimum atomic E-state index is -0.0647. The summed E-state index contributed by atoms with van der Waals surface area (Å²) < 4.78 is 0. The van der Waals surface area contributed by atoms with Crippen LogP contribution < -0.4 is 5.32 Å². The molecule has 25 heavy (non-hydrogen) atoms. The van der Waals surface area contributed by atoms with Crippen molar-refractivity contribution in [3.8, 4) is 6.07 Å². The Kier molecular flexibility index (Phi) is 5.37. The molecule has 0 atom stereocenters. The maximum Gasteiger partial charge on any atom is 0.230 e. The number of rotatable bonds is 5. The summed E-state index contributed by atoms with van der Waals surface area (Å²) in [4.78, 5) is 17.8.